The van der Waals surface area contributed by atoms with Gasteiger partial charge in [-0.2, -0.15) is 13.2 Å². The molecule has 0 saturated heterocycles. The van der Waals surface area contributed by atoms with Gasteiger partial charge in [-0.3, -0.25) is 4.98 Å². The van der Waals surface area contributed by atoms with E-state index in [1.54, 1.807) is 0 Å². The van der Waals surface area contributed by atoms with Gasteiger partial charge in [-0.1, -0.05) is 12.1 Å². The van der Waals surface area contributed by atoms with E-state index in [0.29, 0.717) is 0 Å². The third kappa shape index (κ3) is 1.62. The van der Waals surface area contributed by atoms with E-state index in [0.717, 1.165) is 12.3 Å². The highest BCUT2D eigenvalue weighted by molar-refractivity contribution is 5.91. The molecule has 1 aromatic heterocycles. The number of aromatic nitrogens is 1. The minimum Gasteiger partial charge on any atom is -0.254 e. The lowest BCUT2D eigenvalue weighted by Gasteiger charge is -2.09. The van der Waals surface area contributed by atoms with E-state index in [9.17, 15) is 18.1 Å². The molecule has 0 aliphatic carbocycles. The van der Waals surface area contributed by atoms with Crippen LogP contribution < -0.4 is 0 Å². The Hall–Kier alpha value is -1.98. The van der Waals surface area contributed by atoms with Gasteiger partial charge in [-0.25, -0.2) is 0 Å². The van der Waals surface area contributed by atoms with Crippen LogP contribution in [0.3, 0.4) is 0 Å². The van der Waals surface area contributed by atoms with Crippen molar-refractivity contribution >= 4 is 16.6 Å². The first kappa shape index (κ1) is 10.5. The maximum Gasteiger partial charge on any atom is 0.417 e. The Morgan fingerprint density at radius 3 is 2.56 bits per heavy atom. The van der Waals surface area contributed by atoms with Crippen molar-refractivity contribution in [2.75, 3.05) is 0 Å². The fourth-order valence-corrected chi connectivity index (χ4v) is 1.48. The van der Waals surface area contributed by atoms with Crippen molar-refractivity contribution in [3.05, 3.63) is 40.9 Å². The molecule has 2 aromatic rings. The van der Waals surface area contributed by atoms with Crippen molar-refractivity contribution in [3.8, 4) is 0 Å². The normalized spacial score (nSPS) is 11.7. The van der Waals surface area contributed by atoms with E-state index in [1.165, 1.54) is 18.2 Å². The summed E-state index contributed by atoms with van der Waals surface area (Å²) in [5.74, 6) is 0. The molecule has 1 heterocycles. The van der Waals surface area contributed by atoms with Crippen LogP contribution >= 0.6 is 0 Å². The number of nitroso groups, excluding NO2 is 1. The molecule has 0 amide bonds. The van der Waals surface area contributed by atoms with Crippen LogP contribution in [-0.4, -0.2) is 4.98 Å². The molecule has 0 bridgehead atoms. The molecule has 16 heavy (non-hydrogen) atoms. The Kier molecular flexibility index (Phi) is 2.34. The molecule has 82 valence electrons. The number of alkyl halides is 3. The predicted molar refractivity (Wildman–Crippen MR) is 52.2 cm³/mol. The third-order valence-corrected chi connectivity index (χ3v) is 2.15. The highest BCUT2D eigenvalue weighted by Gasteiger charge is 2.32. The lowest BCUT2D eigenvalue weighted by Crippen LogP contribution is -2.05. The number of hydrogen-bond acceptors (Lipinski definition) is 3. The molecule has 0 saturated carbocycles. The summed E-state index contributed by atoms with van der Waals surface area (Å²) in [6.45, 7) is 0. The minimum absolute atomic E-state index is 0.0349. The summed E-state index contributed by atoms with van der Waals surface area (Å²) in [6.07, 6.45) is -3.46. The van der Waals surface area contributed by atoms with Crippen molar-refractivity contribution in [1.29, 1.82) is 0 Å². The van der Waals surface area contributed by atoms with Crippen molar-refractivity contribution in [2.24, 2.45) is 5.18 Å². The Balaban J connectivity index is 2.84. The van der Waals surface area contributed by atoms with Gasteiger partial charge in [0.2, 0.25) is 0 Å². The van der Waals surface area contributed by atoms with Crippen LogP contribution in [0.15, 0.2) is 35.6 Å². The first-order chi connectivity index (χ1) is 7.54. The van der Waals surface area contributed by atoms with Crippen molar-refractivity contribution < 1.29 is 13.2 Å². The number of rotatable bonds is 1. The molecule has 0 unspecified atom stereocenters. The van der Waals surface area contributed by atoms with Gasteiger partial charge in [0.1, 0.15) is 5.69 Å². The van der Waals surface area contributed by atoms with Crippen LogP contribution in [0.1, 0.15) is 5.56 Å². The van der Waals surface area contributed by atoms with Gasteiger partial charge in [-0.15, -0.1) is 4.91 Å². The van der Waals surface area contributed by atoms with Gasteiger partial charge in [0.25, 0.3) is 0 Å². The topological polar surface area (TPSA) is 42.3 Å². The van der Waals surface area contributed by atoms with Gasteiger partial charge >= 0.3 is 6.18 Å². The Morgan fingerprint density at radius 1 is 1.19 bits per heavy atom. The van der Waals surface area contributed by atoms with E-state index in [1.807, 2.05) is 0 Å². The first-order valence-corrected chi connectivity index (χ1v) is 4.32. The van der Waals surface area contributed by atoms with Crippen molar-refractivity contribution in [1.82, 2.24) is 4.98 Å². The summed E-state index contributed by atoms with van der Waals surface area (Å²) in [4.78, 5) is 14.1. The first-order valence-electron chi connectivity index (χ1n) is 4.32. The van der Waals surface area contributed by atoms with Crippen LogP contribution in [0.25, 0.3) is 10.9 Å². The van der Waals surface area contributed by atoms with Crippen LogP contribution in [0.4, 0.5) is 18.9 Å². The number of pyridine rings is 1. The smallest absolute Gasteiger partial charge is 0.254 e. The third-order valence-electron chi connectivity index (χ3n) is 2.15. The Morgan fingerprint density at radius 2 is 1.94 bits per heavy atom. The summed E-state index contributed by atoms with van der Waals surface area (Å²) >= 11 is 0. The van der Waals surface area contributed by atoms with Gasteiger partial charge in [-0.05, 0) is 17.3 Å². The van der Waals surface area contributed by atoms with Gasteiger partial charge in [0.05, 0.1) is 11.1 Å². The van der Waals surface area contributed by atoms with Crippen LogP contribution in [-0.2, 0) is 6.18 Å². The second kappa shape index (κ2) is 3.55. The maximum atomic E-state index is 12.6. The highest BCUT2D eigenvalue weighted by Crippen LogP contribution is 2.36. The zero-order valence-corrected chi connectivity index (χ0v) is 7.82. The highest BCUT2D eigenvalue weighted by atomic mass is 19.4. The summed E-state index contributed by atoms with van der Waals surface area (Å²) < 4.78 is 37.9. The van der Waals surface area contributed by atoms with Crippen molar-refractivity contribution in [3.63, 3.8) is 0 Å². The number of nitrogens with zero attached hydrogens (tertiary/aromatic N) is 2. The molecule has 0 atom stereocenters. The molecule has 0 aliphatic rings. The monoisotopic (exact) mass is 226 g/mol. The predicted octanol–water partition coefficient (Wildman–Crippen LogP) is 3.65. The number of hydrogen-bond donors (Lipinski definition) is 0. The fourth-order valence-electron chi connectivity index (χ4n) is 1.48. The molecule has 1 aromatic carbocycles. The van der Waals surface area contributed by atoms with Crippen molar-refractivity contribution in [2.45, 2.75) is 6.18 Å². The molecular weight excluding hydrogens is 221 g/mol. The van der Waals surface area contributed by atoms with Gasteiger partial charge in [0.15, 0.2) is 0 Å². The molecule has 6 heteroatoms. The van der Waals surface area contributed by atoms with Gasteiger partial charge in [0, 0.05) is 11.6 Å². The number of benzene rings is 1. The molecule has 0 aliphatic heterocycles. The largest absolute Gasteiger partial charge is 0.417 e. The second-order valence-electron chi connectivity index (χ2n) is 3.12. The van der Waals surface area contributed by atoms with E-state index >= 15 is 0 Å². The molecule has 2 rings (SSSR count). The number of fused-ring (bicyclic) bond motifs is 1. The van der Waals surface area contributed by atoms with Crippen LogP contribution in [0.5, 0.6) is 0 Å². The molecule has 3 nitrogen and oxygen atoms in total. The van der Waals surface area contributed by atoms with E-state index in [-0.39, 0.29) is 16.6 Å². The molecule has 0 radical (unpaired) electrons. The molecule has 0 N–H and O–H groups in total. The Bertz CT molecular complexity index is 551. The second-order valence-corrected chi connectivity index (χ2v) is 3.12. The maximum absolute atomic E-state index is 12.6. The minimum atomic E-state index is -4.47. The molecule has 0 spiro atoms. The molecular formula is C10H5F3N2O. The number of para-hydroxylation sites is 1. The average molecular weight is 226 g/mol. The molecule has 0 fully saturated rings. The lowest BCUT2D eigenvalue weighted by atomic mass is 10.1. The number of halogens is 3. The summed E-state index contributed by atoms with van der Waals surface area (Å²) in [6, 6.07) is 4.80. The Labute approximate surface area is 87.9 Å². The quantitative estimate of drug-likeness (QED) is 0.696. The summed E-state index contributed by atoms with van der Waals surface area (Å²) in [5, 5.41) is 2.52. The SMILES string of the molecule is O=Nc1cccc2c(C(F)(F)F)ccnc12. The average Bonchev–Trinajstić information content (AvgIpc) is 2.26. The zero-order valence-electron chi connectivity index (χ0n) is 7.82. The van der Waals surface area contributed by atoms with E-state index in [2.05, 4.69) is 10.2 Å². The summed E-state index contributed by atoms with van der Waals surface area (Å²) in [7, 11) is 0. The lowest BCUT2D eigenvalue weighted by molar-refractivity contribution is -0.136. The van der Waals surface area contributed by atoms with Gasteiger partial charge < -0.3 is 0 Å². The zero-order chi connectivity index (χ0) is 11.8. The standard InChI is InChI=1S/C10H5F3N2O/c11-10(12,13)7-4-5-14-9-6(7)2-1-3-8(9)15-16/h1-5H. The fraction of sp³-hybridized carbons (Fsp3) is 0.100. The van der Waals surface area contributed by atoms with E-state index in [4.69, 9.17) is 0 Å². The van der Waals surface area contributed by atoms with Crippen LogP contribution in [0.2, 0.25) is 0 Å². The van der Waals surface area contributed by atoms with E-state index < -0.39 is 11.7 Å². The summed E-state index contributed by atoms with van der Waals surface area (Å²) in [5.41, 5.74) is -0.945. The van der Waals surface area contributed by atoms with Crippen LogP contribution in [0, 0.1) is 4.91 Å².